The Morgan fingerprint density at radius 1 is 1.05 bits per heavy atom. The van der Waals surface area contributed by atoms with E-state index in [4.69, 9.17) is 12.2 Å². The van der Waals surface area contributed by atoms with Crippen LogP contribution in [0.15, 0.2) is 42.5 Å². The lowest BCUT2D eigenvalue weighted by atomic mass is 10.1. The highest BCUT2D eigenvalue weighted by Gasteiger charge is 2.13. The third kappa shape index (κ3) is 3.61. The van der Waals surface area contributed by atoms with Gasteiger partial charge in [-0.1, -0.05) is 30.3 Å². The van der Waals surface area contributed by atoms with Gasteiger partial charge in [0.05, 0.1) is 0 Å². The van der Waals surface area contributed by atoms with E-state index in [0.29, 0.717) is 0 Å². The molecule has 110 valence electrons. The maximum absolute atomic E-state index is 5.62. The summed E-state index contributed by atoms with van der Waals surface area (Å²) in [4.78, 5) is 2.13. The molecule has 21 heavy (non-hydrogen) atoms. The highest BCUT2D eigenvalue weighted by molar-refractivity contribution is 7.80. The van der Waals surface area contributed by atoms with Crippen LogP contribution in [0.5, 0.6) is 0 Å². The van der Waals surface area contributed by atoms with Crippen molar-refractivity contribution in [3.05, 3.63) is 59.2 Å². The molecule has 0 heterocycles. The number of nitrogens with one attached hydrogen (secondary N) is 1. The summed E-state index contributed by atoms with van der Waals surface area (Å²) >= 11 is 5.62. The van der Waals surface area contributed by atoms with E-state index in [-0.39, 0.29) is 0 Å². The summed E-state index contributed by atoms with van der Waals surface area (Å²) in [7, 11) is 0. The Bertz CT molecular complexity index is 649. The van der Waals surface area contributed by atoms with Crippen LogP contribution in [0.1, 0.15) is 23.6 Å². The van der Waals surface area contributed by atoms with E-state index in [0.717, 1.165) is 23.0 Å². The number of para-hydroxylation sites is 1. The average molecular weight is 298 g/mol. The first-order chi connectivity index (χ1) is 10.0. The zero-order chi connectivity index (χ0) is 15.4. The third-order valence-electron chi connectivity index (χ3n) is 3.60. The van der Waals surface area contributed by atoms with Gasteiger partial charge in [-0.05, 0) is 68.7 Å². The zero-order valence-electron chi connectivity index (χ0n) is 13.1. The molecular formula is C18H22N2S. The molecule has 1 N–H and O–H groups in total. The maximum atomic E-state index is 5.62. The maximum Gasteiger partial charge on any atom is 0.177 e. The Hall–Kier alpha value is -1.87. The van der Waals surface area contributed by atoms with Crippen LogP contribution in [-0.4, -0.2) is 11.7 Å². The molecule has 0 saturated carbocycles. The standard InChI is InChI=1S/C18H22N2S/c1-5-20(17-9-7-6-8-15(17)4)18(21)19-16-12-13(2)10-11-14(16)3/h6-12H,5H2,1-4H3,(H,19,21). The van der Waals surface area contributed by atoms with Crippen LogP contribution in [0.25, 0.3) is 0 Å². The van der Waals surface area contributed by atoms with Crippen LogP contribution in [0.3, 0.4) is 0 Å². The Morgan fingerprint density at radius 2 is 1.76 bits per heavy atom. The molecule has 0 amide bonds. The molecule has 0 spiro atoms. The van der Waals surface area contributed by atoms with Crippen molar-refractivity contribution in [1.82, 2.24) is 0 Å². The van der Waals surface area contributed by atoms with E-state index in [9.17, 15) is 0 Å². The number of thiocarbonyl (C=S) groups is 1. The van der Waals surface area contributed by atoms with Gasteiger partial charge >= 0.3 is 0 Å². The molecule has 0 aromatic heterocycles. The summed E-state index contributed by atoms with van der Waals surface area (Å²) in [6.07, 6.45) is 0. The fourth-order valence-corrected chi connectivity index (χ4v) is 2.68. The van der Waals surface area contributed by atoms with Gasteiger partial charge in [0.1, 0.15) is 0 Å². The molecule has 0 fully saturated rings. The van der Waals surface area contributed by atoms with E-state index < -0.39 is 0 Å². The molecule has 2 aromatic rings. The summed E-state index contributed by atoms with van der Waals surface area (Å²) < 4.78 is 0. The lowest BCUT2D eigenvalue weighted by Gasteiger charge is -2.26. The van der Waals surface area contributed by atoms with Gasteiger partial charge in [0.25, 0.3) is 0 Å². The summed E-state index contributed by atoms with van der Waals surface area (Å²) in [5, 5.41) is 4.12. The van der Waals surface area contributed by atoms with E-state index in [1.165, 1.54) is 16.7 Å². The zero-order valence-corrected chi connectivity index (χ0v) is 13.9. The molecule has 0 unspecified atom stereocenters. The second-order valence-corrected chi connectivity index (χ2v) is 5.67. The Morgan fingerprint density at radius 3 is 2.43 bits per heavy atom. The summed E-state index contributed by atoms with van der Waals surface area (Å²) in [5.41, 5.74) is 5.88. The Kier molecular flexibility index (Phi) is 4.97. The van der Waals surface area contributed by atoms with Crippen LogP contribution in [0.4, 0.5) is 11.4 Å². The molecule has 2 aromatic carbocycles. The van der Waals surface area contributed by atoms with Crippen molar-refractivity contribution in [2.75, 3.05) is 16.8 Å². The van der Waals surface area contributed by atoms with Crippen molar-refractivity contribution >= 4 is 28.7 Å². The first-order valence-corrected chi connectivity index (χ1v) is 7.65. The smallest absolute Gasteiger partial charge is 0.177 e. The number of benzene rings is 2. The largest absolute Gasteiger partial charge is 0.332 e. The van der Waals surface area contributed by atoms with Gasteiger partial charge in [-0.3, -0.25) is 0 Å². The van der Waals surface area contributed by atoms with Crippen LogP contribution >= 0.6 is 12.2 Å². The van der Waals surface area contributed by atoms with Crippen LogP contribution < -0.4 is 10.2 Å². The van der Waals surface area contributed by atoms with Gasteiger partial charge in [0.2, 0.25) is 0 Å². The second kappa shape index (κ2) is 6.72. The molecule has 0 saturated heterocycles. The fourth-order valence-electron chi connectivity index (χ4n) is 2.34. The number of hydrogen-bond acceptors (Lipinski definition) is 1. The number of hydrogen-bond donors (Lipinski definition) is 1. The Labute approximate surface area is 132 Å². The lowest BCUT2D eigenvalue weighted by Crippen LogP contribution is -2.35. The van der Waals surface area contributed by atoms with Crippen molar-refractivity contribution in [2.24, 2.45) is 0 Å². The van der Waals surface area contributed by atoms with Gasteiger partial charge in [-0.15, -0.1) is 0 Å². The molecular weight excluding hydrogens is 276 g/mol. The summed E-state index contributed by atoms with van der Waals surface area (Å²) in [5.74, 6) is 0. The quantitative estimate of drug-likeness (QED) is 0.817. The SMILES string of the molecule is CCN(C(=S)Nc1cc(C)ccc1C)c1ccccc1C. The minimum atomic E-state index is 0.737. The fraction of sp³-hybridized carbons (Fsp3) is 0.278. The predicted octanol–water partition coefficient (Wildman–Crippen LogP) is 4.84. The third-order valence-corrected chi connectivity index (χ3v) is 3.92. The first-order valence-electron chi connectivity index (χ1n) is 7.24. The molecule has 2 nitrogen and oxygen atoms in total. The predicted molar refractivity (Wildman–Crippen MR) is 96.3 cm³/mol. The van der Waals surface area contributed by atoms with Gasteiger partial charge in [0.15, 0.2) is 5.11 Å². The van der Waals surface area contributed by atoms with Gasteiger partial charge < -0.3 is 10.2 Å². The van der Waals surface area contributed by atoms with E-state index in [2.05, 4.69) is 68.2 Å². The normalized spacial score (nSPS) is 10.3. The molecule has 0 aliphatic rings. The molecule has 0 aliphatic heterocycles. The highest BCUT2D eigenvalue weighted by Crippen LogP contribution is 2.22. The molecule has 2 rings (SSSR count). The molecule has 0 radical (unpaired) electrons. The number of anilines is 2. The summed E-state index contributed by atoms with van der Waals surface area (Å²) in [6.45, 7) is 9.24. The lowest BCUT2D eigenvalue weighted by molar-refractivity contribution is 1.06. The van der Waals surface area contributed by atoms with Crippen LogP contribution in [-0.2, 0) is 0 Å². The van der Waals surface area contributed by atoms with Gasteiger partial charge in [0, 0.05) is 17.9 Å². The highest BCUT2D eigenvalue weighted by atomic mass is 32.1. The molecule has 0 atom stereocenters. The average Bonchev–Trinajstić information content (AvgIpc) is 2.46. The molecule has 3 heteroatoms. The van der Waals surface area contributed by atoms with E-state index in [1.54, 1.807) is 0 Å². The molecule has 0 aliphatic carbocycles. The second-order valence-electron chi connectivity index (χ2n) is 5.28. The van der Waals surface area contributed by atoms with Crippen molar-refractivity contribution in [3.8, 4) is 0 Å². The minimum Gasteiger partial charge on any atom is -0.332 e. The number of aryl methyl sites for hydroxylation is 3. The van der Waals surface area contributed by atoms with Gasteiger partial charge in [-0.2, -0.15) is 0 Å². The van der Waals surface area contributed by atoms with Crippen LogP contribution in [0, 0.1) is 20.8 Å². The summed E-state index contributed by atoms with van der Waals surface area (Å²) in [6, 6.07) is 14.7. The number of rotatable bonds is 3. The van der Waals surface area contributed by atoms with Crippen molar-refractivity contribution in [3.63, 3.8) is 0 Å². The number of nitrogens with zero attached hydrogens (tertiary/aromatic N) is 1. The van der Waals surface area contributed by atoms with Crippen LogP contribution in [0.2, 0.25) is 0 Å². The topological polar surface area (TPSA) is 15.3 Å². The Balaban J connectivity index is 2.25. The minimum absolute atomic E-state index is 0.737. The van der Waals surface area contributed by atoms with Crippen molar-refractivity contribution < 1.29 is 0 Å². The van der Waals surface area contributed by atoms with E-state index in [1.807, 2.05) is 12.1 Å². The van der Waals surface area contributed by atoms with Gasteiger partial charge in [-0.25, -0.2) is 0 Å². The monoisotopic (exact) mass is 298 g/mol. The van der Waals surface area contributed by atoms with Crippen molar-refractivity contribution in [1.29, 1.82) is 0 Å². The first kappa shape index (κ1) is 15.5. The van der Waals surface area contributed by atoms with Crippen molar-refractivity contribution in [2.45, 2.75) is 27.7 Å². The van der Waals surface area contributed by atoms with E-state index >= 15 is 0 Å². The molecule has 0 bridgehead atoms.